The number of thiocarbonyl (C=S) groups is 1. The van der Waals surface area contributed by atoms with E-state index < -0.39 is 0 Å². The van der Waals surface area contributed by atoms with Gasteiger partial charge < -0.3 is 5.73 Å². The van der Waals surface area contributed by atoms with Gasteiger partial charge in [0, 0.05) is 0 Å². The number of nitrogens with one attached hydrogen (secondary N) is 1. The normalized spacial score (nSPS) is 10.1. The maximum Gasteiger partial charge on any atom is 0.274 e. The fourth-order valence-corrected chi connectivity index (χ4v) is 1.98. The molecule has 0 amide bonds. The second-order valence-electron chi connectivity index (χ2n) is 2.84. The fourth-order valence-electron chi connectivity index (χ4n) is 1.14. The van der Waals surface area contributed by atoms with Crippen molar-refractivity contribution in [3.63, 3.8) is 0 Å². The Labute approximate surface area is 94.8 Å². The molecule has 2 heterocycles. The highest BCUT2D eigenvalue weighted by Gasteiger charge is 2.07. The summed E-state index contributed by atoms with van der Waals surface area (Å²) in [5.74, 6) is 0. The van der Waals surface area contributed by atoms with Gasteiger partial charge in [0.05, 0.1) is 10.4 Å². The number of nitrogens with two attached hydrogens (primary N) is 1. The number of H-pyrrole nitrogens is 1. The van der Waals surface area contributed by atoms with Gasteiger partial charge in [0.2, 0.25) is 0 Å². The summed E-state index contributed by atoms with van der Waals surface area (Å²) in [7, 11) is 0. The molecular weight excluding hydrogens is 230 g/mol. The van der Waals surface area contributed by atoms with E-state index >= 15 is 0 Å². The first-order chi connectivity index (χ1) is 7.18. The van der Waals surface area contributed by atoms with Gasteiger partial charge in [0.1, 0.15) is 10.7 Å². The largest absolute Gasteiger partial charge is 0.389 e. The molecule has 0 saturated carbocycles. The molecule has 0 aliphatic heterocycles. The van der Waals surface area contributed by atoms with Crippen LogP contribution in [0.2, 0.25) is 0 Å². The van der Waals surface area contributed by atoms with Crippen LogP contribution in [0.1, 0.15) is 5.56 Å². The quantitative estimate of drug-likeness (QED) is 0.768. The van der Waals surface area contributed by atoms with E-state index in [1.165, 1.54) is 11.3 Å². The van der Waals surface area contributed by atoms with Crippen molar-refractivity contribution >= 4 is 28.5 Å². The Morgan fingerprint density at radius 3 is 3.00 bits per heavy atom. The summed E-state index contributed by atoms with van der Waals surface area (Å²) in [6.45, 7) is 0. The number of hydrogen-bond donors (Lipinski definition) is 2. The number of thiophene rings is 1. The first-order valence-corrected chi connectivity index (χ1v) is 5.40. The van der Waals surface area contributed by atoms with Gasteiger partial charge in [-0.25, -0.2) is 5.10 Å². The van der Waals surface area contributed by atoms with Crippen molar-refractivity contribution in [2.75, 3.05) is 0 Å². The van der Waals surface area contributed by atoms with E-state index in [-0.39, 0.29) is 10.5 Å². The SMILES string of the molecule is NC(=S)c1cc(-c2cccs2)n[nH]c1=O. The lowest BCUT2D eigenvalue weighted by atomic mass is 10.2. The van der Waals surface area contributed by atoms with Crippen LogP contribution in [0.15, 0.2) is 28.4 Å². The Morgan fingerprint density at radius 2 is 2.40 bits per heavy atom. The Hall–Kier alpha value is -1.53. The third kappa shape index (κ3) is 1.95. The molecule has 2 aromatic heterocycles. The van der Waals surface area contributed by atoms with Gasteiger partial charge >= 0.3 is 0 Å². The standard InChI is InChI=1S/C9H7N3OS2/c10-8(14)5-4-6(11-12-9(5)13)7-2-1-3-15-7/h1-4H,(H2,10,14)(H,12,13). The van der Waals surface area contributed by atoms with Crippen LogP contribution in [0.4, 0.5) is 0 Å². The molecule has 76 valence electrons. The highest BCUT2D eigenvalue weighted by atomic mass is 32.1. The molecular formula is C9H7N3OS2. The molecule has 0 unspecified atom stereocenters. The summed E-state index contributed by atoms with van der Waals surface area (Å²) in [4.78, 5) is 12.3. The molecule has 2 aromatic rings. The first kappa shape index (κ1) is 10.0. The van der Waals surface area contributed by atoms with Gasteiger partial charge in [0.15, 0.2) is 0 Å². The van der Waals surface area contributed by atoms with E-state index in [1.54, 1.807) is 6.07 Å². The van der Waals surface area contributed by atoms with Gasteiger partial charge in [0.25, 0.3) is 5.56 Å². The summed E-state index contributed by atoms with van der Waals surface area (Å²) < 4.78 is 0. The molecule has 3 N–H and O–H groups in total. The third-order valence-corrected chi connectivity index (χ3v) is 2.95. The molecule has 0 aliphatic carbocycles. The second-order valence-corrected chi connectivity index (χ2v) is 4.23. The third-order valence-electron chi connectivity index (χ3n) is 1.84. The minimum atomic E-state index is -0.359. The lowest BCUT2D eigenvalue weighted by Gasteiger charge is -1.99. The Balaban J connectivity index is 2.57. The second kappa shape index (κ2) is 3.92. The predicted molar refractivity (Wildman–Crippen MR) is 64.1 cm³/mol. The average molecular weight is 237 g/mol. The van der Waals surface area contributed by atoms with Crippen LogP contribution in [0, 0.1) is 0 Å². The summed E-state index contributed by atoms with van der Waals surface area (Å²) in [5.41, 5.74) is 6.03. The Morgan fingerprint density at radius 1 is 1.60 bits per heavy atom. The van der Waals surface area contributed by atoms with Crippen LogP contribution in [0.3, 0.4) is 0 Å². The van der Waals surface area contributed by atoms with E-state index in [4.69, 9.17) is 18.0 Å². The smallest absolute Gasteiger partial charge is 0.274 e. The monoisotopic (exact) mass is 237 g/mol. The van der Waals surface area contributed by atoms with E-state index in [1.807, 2.05) is 17.5 Å². The minimum Gasteiger partial charge on any atom is -0.389 e. The molecule has 0 spiro atoms. The highest BCUT2D eigenvalue weighted by molar-refractivity contribution is 7.80. The van der Waals surface area contributed by atoms with Crippen molar-refractivity contribution in [3.8, 4) is 10.6 Å². The van der Waals surface area contributed by atoms with E-state index in [9.17, 15) is 4.79 Å². The molecule has 0 saturated heterocycles. The van der Waals surface area contributed by atoms with Crippen LogP contribution in [-0.2, 0) is 0 Å². The number of aromatic nitrogens is 2. The number of aromatic amines is 1. The van der Waals surface area contributed by atoms with Gasteiger partial charge in [-0.3, -0.25) is 4.79 Å². The van der Waals surface area contributed by atoms with Gasteiger partial charge in [-0.1, -0.05) is 18.3 Å². The molecule has 0 fully saturated rings. The van der Waals surface area contributed by atoms with E-state index in [0.717, 1.165) is 4.88 Å². The maximum absolute atomic E-state index is 11.3. The fraction of sp³-hybridized carbons (Fsp3) is 0. The lowest BCUT2D eigenvalue weighted by molar-refractivity contribution is 0.993. The van der Waals surface area contributed by atoms with Crippen molar-refractivity contribution in [2.45, 2.75) is 0 Å². The molecule has 0 radical (unpaired) electrons. The van der Waals surface area contributed by atoms with Crippen molar-refractivity contribution in [1.82, 2.24) is 10.2 Å². The van der Waals surface area contributed by atoms with Crippen LogP contribution < -0.4 is 11.3 Å². The zero-order chi connectivity index (χ0) is 10.8. The summed E-state index contributed by atoms with van der Waals surface area (Å²) >= 11 is 6.31. The number of nitrogens with zero attached hydrogens (tertiary/aromatic N) is 1. The van der Waals surface area contributed by atoms with Crippen molar-refractivity contribution in [1.29, 1.82) is 0 Å². The first-order valence-electron chi connectivity index (χ1n) is 4.12. The summed E-state index contributed by atoms with van der Waals surface area (Å²) in [6.07, 6.45) is 0. The van der Waals surface area contributed by atoms with Gasteiger partial charge in [-0.15, -0.1) is 11.3 Å². The zero-order valence-electron chi connectivity index (χ0n) is 7.56. The molecule has 6 heteroatoms. The molecule has 2 rings (SSSR count). The molecule has 0 aliphatic rings. The highest BCUT2D eigenvalue weighted by Crippen LogP contribution is 2.21. The van der Waals surface area contributed by atoms with Gasteiger partial charge in [-0.2, -0.15) is 5.10 Å². The Kier molecular flexibility index (Phi) is 2.61. The van der Waals surface area contributed by atoms with Crippen LogP contribution >= 0.6 is 23.6 Å². The van der Waals surface area contributed by atoms with Crippen molar-refractivity contribution < 1.29 is 0 Å². The summed E-state index contributed by atoms with van der Waals surface area (Å²) in [5, 5.41) is 8.23. The van der Waals surface area contributed by atoms with Crippen molar-refractivity contribution in [3.05, 3.63) is 39.5 Å². The average Bonchev–Trinajstić information content (AvgIpc) is 2.71. The topological polar surface area (TPSA) is 71.8 Å². The molecule has 0 aromatic carbocycles. The van der Waals surface area contributed by atoms with Crippen LogP contribution in [-0.4, -0.2) is 15.2 Å². The van der Waals surface area contributed by atoms with Crippen LogP contribution in [0.5, 0.6) is 0 Å². The maximum atomic E-state index is 11.3. The molecule has 15 heavy (non-hydrogen) atoms. The molecule has 4 nitrogen and oxygen atoms in total. The van der Waals surface area contributed by atoms with Crippen LogP contribution in [0.25, 0.3) is 10.6 Å². The number of rotatable bonds is 2. The zero-order valence-corrected chi connectivity index (χ0v) is 9.19. The van der Waals surface area contributed by atoms with Gasteiger partial charge in [-0.05, 0) is 17.5 Å². The minimum absolute atomic E-state index is 0.0801. The number of hydrogen-bond acceptors (Lipinski definition) is 4. The summed E-state index contributed by atoms with van der Waals surface area (Å²) in [6, 6.07) is 5.43. The molecule has 0 atom stereocenters. The Bertz CT molecular complexity index is 545. The van der Waals surface area contributed by atoms with E-state index in [2.05, 4.69) is 10.2 Å². The van der Waals surface area contributed by atoms with E-state index in [0.29, 0.717) is 11.3 Å². The predicted octanol–water partition coefficient (Wildman–Crippen LogP) is 1.13. The molecule has 0 bridgehead atoms. The van der Waals surface area contributed by atoms with Crippen molar-refractivity contribution in [2.24, 2.45) is 5.73 Å². The lowest BCUT2D eigenvalue weighted by Crippen LogP contribution is -2.23.